The van der Waals surface area contributed by atoms with Gasteiger partial charge in [-0.1, -0.05) is 28.1 Å². The lowest BCUT2D eigenvalue weighted by Gasteiger charge is -2.06. The third-order valence-corrected chi connectivity index (χ3v) is 6.00. The molecule has 7 heteroatoms. The molecular weight excluding hydrogens is 410 g/mol. The second-order valence-electron chi connectivity index (χ2n) is 5.05. The fourth-order valence-corrected chi connectivity index (χ4v) is 4.34. The summed E-state index contributed by atoms with van der Waals surface area (Å²) in [7, 11) is 0. The Balaban J connectivity index is 1.98. The van der Waals surface area contributed by atoms with Gasteiger partial charge in [0.1, 0.15) is 5.56 Å². The van der Waals surface area contributed by atoms with E-state index in [0.29, 0.717) is 15.4 Å². The van der Waals surface area contributed by atoms with E-state index in [-0.39, 0.29) is 11.5 Å². The standard InChI is InChI=1S/C17H12BrNO3S2/c1-9-6-7-23-14(9)16(20)19-12-8-24-15(13(12)17(21)22)10-2-4-11(18)5-3-10/h2-8H,1H3,(H,19,20)(H,21,22). The van der Waals surface area contributed by atoms with Crippen molar-refractivity contribution >= 4 is 56.2 Å². The van der Waals surface area contributed by atoms with Gasteiger partial charge in [0.15, 0.2) is 0 Å². The van der Waals surface area contributed by atoms with Gasteiger partial charge in [-0.25, -0.2) is 4.79 Å². The lowest BCUT2D eigenvalue weighted by molar-refractivity contribution is 0.0699. The normalized spacial score (nSPS) is 10.6. The number of benzene rings is 1. The number of carbonyl (C=O) groups is 2. The van der Waals surface area contributed by atoms with E-state index in [0.717, 1.165) is 15.6 Å². The summed E-state index contributed by atoms with van der Waals surface area (Å²) in [5, 5.41) is 15.8. The second-order valence-corrected chi connectivity index (χ2v) is 7.76. The molecule has 0 aliphatic heterocycles. The Labute approximate surface area is 154 Å². The van der Waals surface area contributed by atoms with Crippen molar-refractivity contribution in [1.29, 1.82) is 0 Å². The van der Waals surface area contributed by atoms with E-state index >= 15 is 0 Å². The summed E-state index contributed by atoms with van der Waals surface area (Å²) >= 11 is 6.00. The number of carbonyl (C=O) groups excluding carboxylic acids is 1. The first-order valence-corrected chi connectivity index (χ1v) is 9.48. The Morgan fingerprint density at radius 3 is 2.42 bits per heavy atom. The van der Waals surface area contributed by atoms with Crippen molar-refractivity contribution in [2.24, 2.45) is 0 Å². The van der Waals surface area contributed by atoms with Crippen LogP contribution in [0.3, 0.4) is 0 Å². The van der Waals surface area contributed by atoms with Gasteiger partial charge in [0.25, 0.3) is 5.91 Å². The van der Waals surface area contributed by atoms with Crippen molar-refractivity contribution in [1.82, 2.24) is 0 Å². The summed E-state index contributed by atoms with van der Waals surface area (Å²) in [6.07, 6.45) is 0. The molecule has 4 nitrogen and oxygen atoms in total. The predicted molar refractivity (Wildman–Crippen MR) is 101 cm³/mol. The second kappa shape index (κ2) is 6.88. The van der Waals surface area contributed by atoms with Crippen LogP contribution in [0.15, 0.2) is 45.6 Å². The minimum absolute atomic E-state index is 0.116. The van der Waals surface area contributed by atoms with E-state index in [1.807, 2.05) is 42.6 Å². The van der Waals surface area contributed by atoms with Gasteiger partial charge < -0.3 is 10.4 Å². The number of halogens is 1. The molecule has 3 rings (SSSR count). The van der Waals surface area contributed by atoms with Gasteiger partial charge in [-0.05, 0) is 41.6 Å². The quantitative estimate of drug-likeness (QED) is 0.584. The third kappa shape index (κ3) is 3.28. The summed E-state index contributed by atoms with van der Waals surface area (Å²) in [4.78, 5) is 25.3. The van der Waals surface area contributed by atoms with Crippen LogP contribution in [0.5, 0.6) is 0 Å². The molecule has 1 aromatic carbocycles. The van der Waals surface area contributed by atoms with Crippen LogP contribution in [0.2, 0.25) is 0 Å². The maximum atomic E-state index is 12.4. The minimum Gasteiger partial charge on any atom is -0.478 e. The number of rotatable bonds is 4. The van der Waals surface area contributed by atoms with Crippen LogP contribution in [-0.2, 0) is 0 Å². The van der Waals surface area contributed by atoms with Crippen molar-refractivity contribution in [3.63, 3.8) is 0 Å². The highest BCUT2D eigenvalue weighted by molar-refractivity contribution is 9.10. The maximum Gasteiger partial charge on any atom is 0.339 e. The molecule has 0 fully saturated rings. The average molecular weight is 422 g/mol. The van der Waals surface area contributed by atoms with Crippen molar-refractivity contribution in [3.8, 4) is 10.4 Å². The van der Waals surface area contributed by atoms with Crippen molar-refractivity contribution in [2.75, 3.05) is 5.32 Å². The first-order valence-electron chi connectivity index (χ1n) is 6.93. The molecule has 2 N–H and O–H groups in total. The highest BCUT2D eigenvalue weighted by Crippen LogP contribution is 2.37. The number of hydrogen-bond acceptors (Lipinski definition) is 4. The smallest absolute Gasteiger partial charge is 0.339 e. The number of carboxylic acids is 1. The number of nitrogens with one attached hydrogen (secondary N) is 1. The zero-order valence-corrected chi connectivity index (χ0v) is 15.7. The number of thiophene rings is 2. The summed E-state index contributed by atoms with van der Waals surface area (Å²) < 4.78 is 0.918. The first kappa shape index (κ1) is 16.9. The molecule has 24 heavy (non-hydrogen) atoms. The van der Waals surface area contributed by atoms with Crippen LogP contribution in [0, 0.1) is 6.92 Å². The third-order valence-electron chi connectivity index (χ3n) is 3.43. The van der Waals surface area contributed by atoms with Gasteiger partial charge in [-0.3, -0.25) is 4.79 Å². The SMILES string of the molecule is Cc1ccsc1C(=O)Nc1csc(-c2ccc(Br)cc2)c1C(=O)O. The Morgan fingerprint density at radius 1 is 1.12 bits per heavy atom. The lowest BCUT2D eigenvalue weighted by atomic mass is 10.1. The summed E-state index contributed by atoms with van der Waals surface area (Å²) in [5.74, 6) is -1.35. The van der Waals surface area contributed by atoms with Gasteiger partial charge in [-0.2, -0.15) is 0 Å². The van der Waals surface area contributed by atoms with Crippen LogP contribution in [0.25, 0.3) is 10.4 Å². The van der Waals surface area contributed by atoms with Crippen LogP contribution in [0.1, 0.15) is 25.6 Å². The maximum absolute atomic E-state index is 12.4. The summed E-state index contributed by atoms with van der Waals surface area (Å²) in [6, 6.07) is 9.26. The monoisotopic (exact) mass is 421 g/mol. The Kier molecular flexibility index (Phi) is 4.84. The van der Waals surface area contributed by atoms with Gasteiger partial charge >= 0.3 is 5.97 Å². The first-order chi connectivity index (χ1) is 11.5. The molecule has 0 unspecified atom stereocenters. The van der Waals surface area contributed by atoms with Gasteiger partial charge in [0.2, 0.25) is 0 Å². The fraction of sp³-hybridized carbons (Fsp3) is 0.0588. The molecule has 3 aromatic rings. The van der Waals surface area contributed by atoms with Crippen LogP contribution in [0.4, 0.5) is 5.69 Å². The van der Waals surface area contributed by atoms with E-state index < -0.39 is 5.97 Å². The molecule has 2 aromatic heterocycles. The highest BCUT2D eigenvalue weighted by atomic mass is 79.9. The largest absolute Gasteiger partial charge is 0.478 e. The number of anilines is 1. The van der Waals surface area contributed by atoms with Gasteiger partial charge in [-0.15, -0.1) is 22.7 Å². The predicted octanol–water partition coefficient (Wildman–Crippen LogP) is 5.50. The number of aromatic carboxylic acids is 1. The van der Waals surface area contributed by atoms with E-state index in [9.17, 15) is 14.7 Å². The summed E-state index contributed by atoms with van der Waals surface area (Å²) in [5.41, 5.74) is 2.11. The van der Waals surface area contributed by atoms with Crippen LogP contribution in [-0.4, -0.2) is 17.0 Å². The Morgan fingerprint density at radius 2 is 1.83 bits per heavy atom. The van der Waals surface area contributed by atoms with E-state index in [4.69, 9.17) is 0 Å². The van der Waals surface area contributed by atoms with Crippen LogP contribution >= 0.6 is 38.6 Å². The molecule has 0 saturated heterocycles. The van der Waals surface area contributed by atoms with E-state index in [1.165, 1.54) is 22.7 Å². The molecule has 1 amide bonds. The van der Waals surface area contributed by atoms with Crippen molar-refractivity contribution in [2.45, 2.75) is 6.92 Å². The molecular formula is C17H12BrNO3S2. The molecule has 2 heterocycles. The fourth-order valence-electron chi connectivity index (χ4n) is 2.26. The molecule has 0 radical (unpaired) electrons. The number of carboxylic acid groups (broad SMARTS) is 1. The zero-order chi connectivity index (χ0) is 17.3. The molecule has 0 atom stereocenters. The number of aryl methyl sites for hydroxylation is 1. The molecule has 0 aliphatic carbocycles. The van der Waals surface area contributed by atoms with Crippen molar-refractivity contribution < 1.29 is 14.7 Å². The Hall–Kier alpha value is -1.96. The number of amides is 1. The molecule has 0 spiro atoms. The molecule has 0 saturated carbocycles. The molecule has 0 bridgehead atoms. The molecule has 122 valence electrons. The van der Waals surface area contributed by atoms with E-state index in [2.05, 4.69) is 21.2 Å². The zero-order valence-electron chi connectivity index (χ0n) is 12.5. The lowest BCUT2D eigenvalue weighted by Crippen LogP contribution is -2.13. The van der Waals surface area contributed by atoms with Gasteiger partial charge in [0.05, 0.1) is 15.4 Å². The van der Waals surface area contributed by atoms with Crippen molar-refractivity contribution in [3.05, 3.63) is 61.6 Å². The Bertz CT molecular complexity index is 912. The van der Waals surface area contributed by atoms with E-state index in [1.54, 1.807) is 5.38 Å². The summed E-state index contributed by atoms with van der Waals surface area (Å²) in [6.45, 7) is 1.85. The topological polar surface area (TPSA) is 66.4 Å². The van der Waals surface area contributed by atoms with Crippen LogP contribution < -0.4 is 5.32 Å². The number of hydrogen-bond donors (Lipinski definition) is 2. The van der Waals surface area contributed by atoms with Gasteiger partial charge in [0, 0.05) is 9.85 Å². The minimum atomic E-state index is -1.06. The molecule has 0 aliphatic rings. The highest BCUT2D eigenvalue weighted by Gasteiger charge is 2.22. The average Bonchev–Trinajstić information content (AvgIpc) is 3.14.